The summed E-state index contributed by atoms with van der Waals surface area (Å²) in [6.45, 7) is 9.10. The van der Waals surface area contributed by atoms with Gasteiger partial charge in [-0.1, -0.05) is 12.1 Å². The molecule has 6 heteroatoms. The zero-order chi connectivity index (χ0) is 18.2. The maximum absolute atomic E-state index is 12.2. The van der Waals surface area contributed by atoms with Gasteiger partial charge in [0.1, 0.15) is 0 Å². The number of aliphatic imine (C=N–C) groups is 1. The highest BCUT2D eigenvalue weighted by molar-refractivity contribution is 5.94. The fraction of sp³-hybridized carbons (Fsp3) is 0.556. The quantitative estimate of drug-likeness (QED) is 0.549. The molecular formula is C18H30N4O2. The summed E-state index contributed by atoms with van der Waals surface area (Å²) in [6.07, 6.45) is 0. The molecule has 0 bridgehead atoms. The van der Waals surface area contributed by atoms with E-state index in [-0.39, 0.29) is 17.5 Å². The van der Waals surface area contributed by atoms with Crippen LogP contribution in [0.15, 0.2) is 29.3 Å². The van der Waals surface area contributed by atoms with E-state index < -0.39 is 0 Å². The van der Waals surface area contributed by atoms with E-state index in [9.17, 15) is 4.79 Å². The molecule has 0 aliphatic heterocycles. The van der Waals surface area contributed by atoms with Gasteiger partial charge in [-0.15, -0.1) is 0 Å². The van der Waals surface area contributed by atoms with Gasteiger partial charge in [-0.2, -0.15) is 0 Å². The topological polar surface area (TPSA) is 74.8 Å². The summed E-state index contributed by atoms with van der Waals surface area (Å²) in [7, 11) is 3.39. The number of carbonyl (C=O) groups is 1. The molecule has 1 aromatic rings. The van der Waals surface area contributed by atoms with Gasteiger partial charge in [0.2, 0.25) is 0 Å². The fourth-order valence-electron chi connectivity index (χ4n) is 2.14. The van der Waals surface area contributed by atoms with Gasteiger partial charge in [0.05, 0.1) is 6.61 Å². The van der Waals surface area contributed by atoms with Gasteiger partial charge in [0, 0.05) is 37.8 Å². The third-order valence-corrected chi connectivity index (χ3v) is 3.16. The van der Waals surface area contributed by atoms with Crippen molar-refractivity contribution in [2.24, 2.45) is 4.99 Å². The molecule has 1 amide bonds. The third-order valence-electron chi connectivity index (χ3n) is 3.16. The van der Waals surface area contributed by atoms with Crippen LogP contribution in [0, 0.1) is 0 Å². The maximum atomic E-state index is 12.2. The van der Waals surface area contributed by atoms with Crippen molar-refractivity contribution in [1.82, 2.24) is 16.0 Å². The predicted molar refractivity (Wildman–Crippen MR) is 98.3 cm³/mol. The number of hydrogen-bond donors (Lipinski definition) is 3. The molecule has 0 spiro atoms. The Hall–Kier alpha value is -2.08. The Morgan fingerprint density at radius 2 is 2.04 bits per heavy atom. The molecule has 0 heterocycles. The molecule has 24 heavy (non-hydrogen) atoms. The largest absolute Gasteiger partial charge is 0.383 e. The lowest BCUT2D eigenvalue weighted by Crippen LogP contribution is -2.43. The highest BCUT2D eigenvalue weighted by atomic mass is 16.5. The first-order chi connectivity index (χ1) is 11.2. The van der Waals surface area contributed by atoms with Gasteiger partial charge in [-0.25, -0.2) is 0 Å². The van der Waals surface area contributed by atoms with Crippen molar-refractivity contribution in [2.45, 2.75) is 45.8 Å². The predicted octanol–water partition coefficient (Wildman–Crippen LogP) is 1.91. The van der Waals surface area contributed by atoms with E-state index in [1.165, 1.54) is 0 Å². The minimum absolute atomic E-state index is 0.0689. The van der Waals surface area contributed by atoms with E-state index >= 15 is 0 Å². The van der Waals surface area contributed by atoms with Crippen molar-refractivity contribution in [1.29, 1.82) is 0 Å². The van der Waals surface area contributed by atoms with Crippen LogP contribution in [0.2, 0.25) is 0 Å². The lowest BCUT2D eigenvalue weighted by atomic mass is 10.1. The minimum atomic E-state index is -0.255. The minimum Gasteiger partial charge on any atom is -0.383 e. The smallest absolute Gasteiger partial charge is 0.251 e. The SMILES string of the molecule is CN=C(NCc1cccc(C(=O)NC(C)(C)C)c1)NC(C)COC. The molecule has 0 saturated carbocycles. The number of carbonyl (C=O) groups excluding carboxylic acids is 1. The molecule has 3 N–H and O–H groups in total. The summed E-state index contributed by atoms with van der Waals surface area (Å²) in [5, 5.41) is 9.45. The van der Waals surface area contributed by atoms with E-state index in [1.54, 1.807) is 14.2 Å². The summed E-state index contributed by atoms with van der Waals surface area (Å²) < 4.78 is 5.10. The Bertz CT molecular complexity index is 564. The van der Waals surface area contributed by atoms with E-state index in [1.807, 2.05) is 52.0 Å². The molecule has 1 atom stereocenters. The number of guanidine groups is 1. The second kappa shape index (κ2) is 9.27. The van der Waals surface area contributed by atoms with E-state index in [4.69, 9.17) is 4.74 Å². The Morgan fingerprint density at radius 1 is 1.33 bits per heavy atom. The number of hydrogen-bond acceptors (Lipinski definition) is 3. The molecule has 1 rings (SSSR count). The van der Waals surface area contributed by atoms with E-state index in [2.05, 4.69) is 20.9 Å². The van der Waals surface area contributed by atoms with Crippen LogP contribution in [0.5, 0.6) is 0 Å². The second-order valence-electron chi connectivity index (χ2n) is 6.83. The number of ether oxygens (including phenoxy) is 1. The van der Waals surface area contributed by atoms with Crippen molar-refractivity contribution < 1.29 is 9.53 Å². The normalized spacial score (nSPS) is 13.3. The van der Waals surface area contributed by atoms with Crippen LogP contribution in [-0.2, 0) is 11.3 Å². The van der Waals surface area contributed by atoms with Crippen molar-refractivity contribution in [2.75, 3.05) is 20.8 Å². The number of benzene rings is 1. The highest BCUT2D eigenvalue weighted by Gasteiger charge is 2.15. The van der Waals surface area contributed by atoms with Gasteiger partial charge in [-0.3, -0.25) is 9.79 Å². The highest BCUT2D eigenvalue weighted by Crippen LogP contribution is 2.08. The Labute approximate surface area is 145 Å². The maximum Gasteiger partial charge on any atom is 0.251 e. The summed E-state index contributed by atoms with van der Waals surface area (Å²) in [5.41, 5.74) is 1.41. The van der Waals surface area contributed by atoms with Crippen LogP contribution in [0.3, 0.4) is 0 Å². The number of rotatable bonds is 6. The van der Waals surface area contributed by atoms with Gasteiger partial charge in [-0.05, 0) is 45.4 Å². The monoisotopic (exact) mass is 334 g/mol. The first kappa shape index (κ1) is 20.0. The van der Waals surface area contributed by atoms with Crippen LogP contribution in [0.4, 0.5) is 0 Å². The third kappa shape index (κ3) is 7.46. The van der Waals surface area contributed by atoms with Crippen LogP contribution in [-0.4, -0.2) is 44.2 Å². The number of methoxy groups -OCH3 is 1. The average Bonchev–Trinajstić information content (AvgIpc) is 2.50. The molecule has 0 aliphatic carbocycles. The first-order valence-electron chi connectivity index (χ1n) is 8.12. The summed E-state index contributed by atoms with van der Waals surface area (Å²) in [4.78, 5) is 16.4. The number of nitrogens with one attached hydrogen (secondary N) is 3. The van der Waals surface area contributed by atoms with Gasteiger partial charge >= 0.3 is 0 Å². The van der Waals surface area contributed by atoms with Crippen molar-refractivity contribution in [3.05, 3.63) is 35.4 Å². The summed E-state index contributed by atoms with van der Waals surface area (Å²) in [6, 6.07) is 7.73. The molecule has 0 radical (unpaired) electrons. The molecule has 0 saturated heterocycles. The zero-order valence-corrected chi connectivity index (χ0v) is 15.6. The molecule has 0 aliphatic rings. The zero-order valence-electron chi connectivity index (χ0n) is 15.6. The Kier molecular flexibility index (Phi) is 7.71. The van der Waals surface area contributed by atoms with Gasteiger partial charge in [0.25, 0.3) is 5.91 Å². The molecule has 1 unspecified atom stereocenters. The molecule has 1 aromatic carbocycles. The van der Waals surface area contributed by atoms with Gasteiger partial charge in [0.15, 0.2) is 5.96 Å². The average molecular weight is 334 g/mol. The summed E-state index contributed by atoms with van der Waals surface area (Å²) >= 11 is 0. The van der Waals surface area contributed by atoms with Crippen LogP contribution in [0.1, 0.15) is 43.6 Å². The number of amides is 1. The van der Waals surface area contributed by atoms with Crippen molar-refractivity contribution >= 4 is 11.9 Å². The molecule has 0 aromatic heterocycles. The molecule has 134 valence electrons. The number of nitrogens with zero attached hydrogens (tertiary/aromatic N) is 1. The Morgan fingerprint density at radius 3 is 2.62 bits per heavy atom. The molecular weight excluding hydrogens is 304 g/mol. The van der Waals surface area contributed by atoms with E-state index in [0.29, 0.717) is 24.7 Å². The van der Waals surface area contributed by atoms with Crippen LogP contribution in [0.25, 0.3) is 0 Å². The summed E-state index contributed by atoms with van der Waals surface area (Å²) in [5.74, 6) is 0.629. The standard InChI is InChI=1S/C18H30N4O2/c1-13(12-24-6)21-17(19-5)20-11-14-8-7-9-15(10-14)16(23)22-18(2,3)4/h7-10,13H,11-12H2,1-6H3,(H,22,23)(H2,19,20,21). The van der Waals surface area contributed by atoms with Crippen LogP contribution >= 0.6 is 0 Å². The van der Waals surface area contributed by atoms with Crippen molar-refractivity contribution in [3.63, 3.8) is 0 Å². The lowest BCUT2D eigenvalue weighted by Gasteiger charge is -2.21. The van der Waals surface area contributed by atoms with Crippen molar-refractivity contribution in [3.8, 4) is 0 Å². The molecule has 0 fully saturated rings. The lowest BCUT2D eigenvalue weighted by molar-refractivity contribution is 0.0919. The fourth-order valence-corrected chi connectivity index (χ4v) is 2.14. The van der Waals surface area contributed by atoms with Crippen LogP contribution < -0.4 is 16.0 Å². The second-order valence-corrected chi connectivity index (χ2v) is 6.83. The molecule has 6 nitrogen and oxygen atoms in total. The van der Waals surface area contributed by atoms with E-state index in [0.717, 1.165) is 5.56 Å². The Balaban J connectivity index is 2.65. The first-order valence-corrected chi connectivity index (χ1v) is 8.12. The van der Waals surface area contributed by atoms with Gasteiger partial charge < -0.3 is 20.7 Å².